The summed E-state index contributed by atoms with van der Waals surface area (Å²) in [5.41, 5.74) is 1.15. The molecule has 0 fully saturated rings. The molecule has 0 aliphatic rings. The molecule has 0 saturated heterocycles. The summed E-state index contributed by atoms with van der Waals surface area (Å²) in [6.45, 7) is 5.47. The number of carbonyl (C=O) groups is 1. The van der Waals surface area contributed by atoms with Crippen LogP contribution in [0.25, 0.3) is 0 Å². The van der Waals surface area contributed by atoms with E-state index >= 15 is 0 Å². The highest BCUT2D eigenvalue weighted by atomic mass is 35.5. The number of Topliss-reactive ketones (excluding diaryl/α,β-unsaturated/α-hetero) is 1. The molecule has 0 aromatic heterocycles. The predicted molar refractivity (Wildman–Crippen MR) is 74.5 cm³/mol. The first-order valence-corrected chi connectivity index (χ1v) is 6.50. The second-order valence-corrected chi connectivity index (χ2v) is 4.79. The lowest BCUT2D eigenvalue weighted by atomic mass is 10.1. The molecule has 0 bridgehead atoms. The van der Waals surface area contributed by atoms with Crippen LogP contribution in [0, 0.1) is 0 Å². The van der Waals surface area contributed by atoms with Crippen molar-refractivity contribution < 1.29 is 9.53 Å². The average molecular weight is 270 g/mol. The molecule has 0 saturated carbocycles. The second kappa shape index (κ2) is 7.39. The monoisotopic (exact) mass is 269 g/mol. The lowest BCUT2D eigenvalue weighted by Crippen LogP contribution is -2.26. The van der Waals surface area contributed by atoms with E-state index in [4.69, 9.17) is 16.3 Å². The molecule has 0 aliphatic heterocycles. The molecule has 0 spiro atoms. The van der Waals surface area contributed by atoms with Gasteiger partial charge in [0.1, 0.15) is 11.5 Å². The van der Waals surface area contributed by atoms with Crippen LogP contribution in [0.15, 0.2) is 18.2 Å². The molecule has 0 atom stereocenters. The standard InChI is InChI=1S/C14H20ClNO2/c1-4-18-14-6-5-12(9-13(14)15)7-8-16(3)10-11(2)17/h5-6,9H,4,7-8,10H2,1-3H3. The first-order valence-electron chi connectivity index (χ1n) is 6.12. The van der Waals surface area contributed by atoms with Gasteiger partial charge in [-0.2, -0.15) is 0 Å². The van der Waals surface area contributed by atoms with Crippen molar-refractivity contribution in [1.82, 2.24) is 4.90 Å². The summed E-state index contributed by atoms with van der Waals surface area (Å²) in [6, 6.07) is 5.83. The molecule has 3 nitrogen and oxygen atoms in total. The van der Waals surface area contributed by atoms with Crippen molar-refractivity contribution in [1.29, 1.82) is 0 Å². The summed E-state index contributed by atoms with van der Waals surface area (Å²) in [5.74, 6) is 0.905. The van der Waals surface area contributed by atoms with Crippen LogP contribution in [0.4, 0.5) is 0 Å². The van der Waals surface area contributed by atoms with Gasteiger partial charge in [-0.25, -0.2) is 0 Å². The minimum atomic E-state index is 0.183. The summed E-state index contributed by atoms with van der Waals surface area (Å²) < 4.78 is 5.38. The quantitative estimate of drug-likeness (QED) is 0.762. The maximum atomic E-state index is 11.0. The second-order valence-electron chi connectivity index (χ2n) is 4.39. The third kappa shape index (κ3) is 5.07. The summed E-state index contributed by atoms with van der Waals surface area (Å²) in [5, 5.41) is 0.642. The van der Waals surface area contributed by atoms with Crippen LogP contribution in [0.2, 0.25) is 5.02 Å². The average Bonchev–Trinajstić information content (AvgIpc) is 2.29. The van der Waals surface area contributed by atoms with Gasteiger partial charge in [-0.05, 0) is 45.0 Å². The fraction of sp³-hybridized carbons (Fsp3) is 0.500. The Morgan fingerprint density at radius 3 is 2.72 bits per heavy atom. The van der Waals surface area contributed by atoms with Crippen molar-refractivity contribution in [3.63, 3.8) is 0 Å². The van der Waals surface area contributed by atoms with Gasteiger partial charge in [0, 0.05) is 6.54 Å². The van der Waals surface area contributed by atoms with Crippen molar-refractivity contribution in [3.8, 4) is 5.75 Å². The minimum Gasteiger partial charge on any atom is -0.492 e. The molecular weight excluding hydrogens is 250 g/mol. The van der Waals surface area contributed by atoms with E-state index in [1.807, 2.05) is 37.1 Å². The van der Waals surface area contributed by atoms with Gasteiger partial charge >= 0.3 is 0 Å². The van der Waals surface area contributed by atoms with Gasteiger partial charge in [0.15, 0.2) is 0 Å². The van der Waals surface area contributed by atoms with Gasteiger partial charge in [0.2, 0.25) is 0 Å². The van der Waals surface area contributed by atoms with Crippen molar-refractivity contribution >= 4 is 17.4 Å². The fourth-order valence-corrected chi connectivity index (χ4v) is 2.01. The molecule has 0 amide bonds. The van der Waals surface area contributed by atoms with Gasteiger partial charge in [0.05, 0.1) is 18.2 Å². The molecule has 0 aliphatic carbocycles. The highest BCUT2D eigenvalue weighted by Gasteiger charge is 2.05. The molecule has 1 rings (SSSR count). The van der Waals surface area contributed by atoms with E-state index in [0.717, 1.165) is 24.3 Å². The Hall–Kier alpha value is -1.06. The SMILES string of the molecule is CCOc1ccc(CCN(C)CC(C)=O)cc1Cl. The van der Waals surface area contributed by atoms with Crippen LogP contribution in [-0.4, -0.2) is 37.4 Å². The van der Waals surface area contributed by atoms with Gasteiger partial charge in [-0.15, -0.1) is 0 Å². The number of benzene rings is 1. The Balaban J connectivity index is 2.53. The molecule has 1 aromatic carbocycles. The van der Waals surface area contributed by atoms with Crippen molar-refractivity contribution in [2.75, 3.05) is 26.7 Å². The normalized spacial score (nSPS) is 10.7. The Morgan fingerprint density at radius 1 is 1.44 bits per heavy atom. The van der Waals surface area contributed by atoms with Crippen LogP contribution in [0.5, 0.6) is 5.75 Å². The highest BCUT2D eigenvalue weighted by molar-refractivity contribution is 6.32. The van der Waals surface area contributed by atoms with E-state index in [0.29, 0.717) is 18.2 Å². The van der Waals surface area contributed by atoms with Gasteiger partial charge in [0.25, 0.3) is 0 Å². The van der Waals surface area contributed by atoms with Gasteiger partial charge in [-0.1, -0.05) is 17.7 Å². The Labute approximate surface area is 114 Å². The molecule has 0 heterocycles. The van der Waals surface area contributed by atoms with Crippen molar-refractivity contribution in [2.45, 2.75) is 20.3 Å². The number of ketones is 1. The molecule has 4 heteroatoms. The number of likely N-dealkylation sites (N-methyl/N-ethyl adjacent to an activating group) is 1. The Bertz CT molecular complexity index is 407. The zero-order valence-corrected chi connectivity index (χ0v) is 12.0. The van der Waals surface area contributed by atoms with Crippen LogP contribution in [0.3, 0.4) is 0 Å². The van der Waals surface area contributed by atoms with E-state index in [2.05, 4.69) is 0 Å². The summed E-state index contributed by atoms with van der Waals surface area (Å²) in [7, 11) is 1.94. The molecule has 0 unspecified atom stereocenters. The fourth-order valence-electron chi connectivity index (χ4n) is 1.75. The minimum absolute atomic E-state index is 0.183. The molecule has 100 valence electrons. The molecule has 1 aromatic rings. The maximum absolute atomic E-state index is 11.0. The van der Waals surface area contributed by atoms with Crippen LogP contribution in [0.1, 0.15) is 19.4 Å². The number of carbonyl (C=O) groups excluding carboxylic acids is 1. The number of hydrogen-bond donors (Lipinski definition) is 0. The van der Waals surface area contributed by atoms with Crippen molar-refractivity contribution in [3.05, 3.63) is 28.8 Å². The number of nitrogens with zero attached hydrogens (tertiary/aromatic N) is 1. The molecule has 0 radical (unpaired) electrons. The summed E-state index contributed by atoms with van der Waals surface area (Å²) in [6.07, 6.45) is 0.871. The number of hydrogen-bond acceptors (Lipinski definition) is 3. The third-order valence-electron chi connectivity index (χ3n) is 2.57. The largest absolute Gasteiger partial charge is 0.492 e. The maximum Gasteiger partial charge on any atom is 0.143 e. The smallest absolute Gasteiger partial charge is 0.143 e. The van der Waals surface area contributed by atoms with Crippen LogP contribution >= 0.6 is 11.6 Å². The number of ether oxygens (including phenoxy) is 1. The molecule has 0 N–H and O–H groups in total. The van der Waals surface area contributed by atoms with Gasteiger partial charge in [-0.3, -0.25) is 9.69 Å². The first kappa shape index (κ1) is 15.0. The van der Waals surface area contributed by atoms with E-state index in [1.54, 1.807) is 6.92 Å². The topological polar surface area (TPSA) is 29.5 Å². The lowest BCUT2D eigenvalue weighted by Gasteiger charge is -2.15. The lowest BCUT2D eigenvalue weighted by molar-refractivity contribution is -0.117. The van der Waals surface area contributed by atoms with Crippen LogP contribution in [-0.2, 0) is 11.2 Å². The Morgan fingerprint density at radius 2 is 2.17 bits per heavy atom. The highest BCUT2D eigenvalue weighted by Crippen LogP contribution is 2.25. The predicted octanol–water partition coefficient (Wildman–Crippen LogP) is 2.80. The first-order chi connectivity index (χ1) is 8.52. The van der Waals surface area contributed by atoms with E-state index < -0.39 is 0 Å². The number of halogens is 1. The van der Waals surface area contributed by atoms with Gasteiger partial charge < -0.3 is 4.74 Å². The molecule has 18 heavy (non-hydrogen) atoms. The summed E-state index contributed by atoms with van der Waals surface area (Å²) >= 11 is 6.12. The Kier molecular flexibility index (Phi) is 6.16. The molecular formula is C14H20ClNO2. The number of rotatable bonds is 7. The third-order valence-corrected chi connectivity index (χ3v) is 2.87. The summed E-state index contributed by atoms with van der Waals surface area (Å²) in [4.78, 5) is 13.0. The zero-order chi connectivity index (χ0) is 13.5. The van der Waals surface area contributed by atoms with Crippen LogP contribution < -0.4 is 4.74 Å². The van der Waals surface area contributed by atoms with Crippen molar-refractivity contribution in [2.24, 2.45) is 0 Å². The van der Waals surface area contributed by atoms with E-state index in [-0.39, 0.29) is 5.78 Å². The van der Waals surface area contributed by atoms with E-state index in [1.165, 1.54) is 0 Å². The van der Waals surface area contributed by atoms with E-state index in [9.17, 15) is 4.79 Å². The zero-order valence-electron chi connectivity index (χ0n) is 11.2.